The molecule has 1 aliphatic heterocycles. The number of carbonyl (C=O) groups is 2. The van der Waals surface area contributed by atoms with Crippen molar-refractivity contribution in [1.82, 2.24) is 4.90 Å². The van der Waals surface area contributed by atoms with Gasteiger partial charge < -0.3 is 15.1 Å². The van der Waals surface area contributed by atoms with Crippen LogP contribution in [0.15, 0.2) is 54.6 Å². The minimum absolute atomic E-state index is 0.0218. The zero-order valence-electron chi connectivity index (χ0n) is 16.0. The first-order valence-electron chi connectivity index (χ1n) is 9.43. The van der Waals surface area contributed by atoms with Crippen molar-refractivity contribution in [2.24, 2.45) is 0 Å². The van der Waals surface area contributed by atoms with Gasteiger partial charge in [0, 0.05) is 11.3 Å². The molecule has 2 aromatic carbocycles. The van der Waals surface area contributed by atoms with Crippen molar-refractivity contribution in [3.05, 3.63) is 65.7 Å². The first kappa shape index (κ1) is 20.9. The maximum atomic E-state index is 12.6. The van der Waals surface area contributed by atoms with Crippen molar-refractivity contribution >= 4 is 17.5 Å². The van der Waals surface area contributed by atoms with Crippen LogP contribution in [0.1, 0.15) is 22.8 Å². The summed E-state index contributed by atoms with van der Waals surface area (Å²) in [6.07, 6.45) is -4.41. The van der Waals surface area contributed by atoms with Gasteiger partial charge in [-0.3, -0.25) is 9.59 Å². The Morgan fingerprint density at radius 2 is 1.59 bits per heavy atom. The minimum atomic E-state index is -4.41. The maximum absolute atomic E-state index is 12.6. The second-order valence-electron chi connectivity index (χ2n) is 7.10. The lowest BCUT2D eigenvalue weighted by atomic mass is 10.1. The number of alkyl halides is 3. The number of carbonyl (C=O) groups excluding carboxylic acids is 2. The van der Waals surface area contributed by atoms with Crippen LogP contribution >= 0.6 is 0 Å². The van der Waals surface area contributed by atoms with Crippen molar-refractivity contribution in [3.8, 4) is 0 Å². The molecule has 29 heavy (non-hydrogen) atoms. The molecule has 8 heteroatoms. The van der Waals surface area contributed by atoms with E-state index in [4.69, 9.17) is 0 Å². The van der Waals surface area contributed by atoms with Crippen LogP contribution in [-0.2, 0) is 11.0 Å². The van der Waals surface area contributed by atoms with Gasteiger partial charge in [0.05, 0.1) is 31.7 Å². The maximum Gasteiger partial charge on any atom is 0.416 e. The fourth-order valence-corrected chi connectivity index (χ4v) is 3.37. The second kappa shape index (κ2) is 8.65. The number of nitrogens with one attached hydrogen (secondary N) is 2. The topological polar surface area (TPSA) is 53.9 Å². The summed E-state index contributed by atoms with van der Waals surface area (Å²) in [5, 5.41) is 2.67. The number of nitrogens with zero attached hydrogens (tertiary/aromatic N) is 1. The molecule has 0 unspecified atom stereocenters. The molecule has 0 radical (unpaired) electrons. The minimum Gasteiger partial charge on any atom is -0.327 e. The Morgan fingerprint density at radius 3 is 2.14 bits per heavy atom. The monoisotopic (exact) mass is 406 g/mol. The average molecular weight is 406 g/mol. The number of piperazine rings is 1. The highest BCUT2D eigenvalue weighted by molar-refractivity contribution is 5.94. The average Bonchev–Trinajstić information content (AvgIpc) is 2.73. The number of hydrogen-bond donors (Lipinski definition) is 2. The third kappa shape index (κ3) is 5.14. The molecule has 0 spiro atoms. The van der Waals surface area contributed by atoms with Gasteiger partial charge in [0.15, 0.2) is 6.04 Å². The molecule has 0 bridgehead atoms. The van der Waals surface area contributed by atoms with Gasteiger partial charge in [0.1, 0.15) is 0 Å². The number of hydrogen-bond acceptors (Lipinski definition) is 2. The van der Waals surface area contributed by atoms with E-state index < -0.39 is 11.7 Å². The molecule has 3 rings (SSSR count). The molecule has 2 aromatic rings. The van der Waals surface area contributed by atoms with Gasteiger partial charge in [0.25, 0.3) is 11.8 Å². The number of quaternary nitrogens is 1. The van der Waals surface area contributed by atoms with E-state index in [0.29, 0.717) is 37.4 Å². The zero-order chi connectivity index (χ0) is 21.0. The van der Waals surface area contributed by atoms with Crippen molar-refractivity contribution in [2.45, 2.75) is 19.1 Å². The summed E-state index contributed by atoms with van der Waals surface area (Å²) < 4.78 is 37.9. The predicted octanol–water partition coefficient (Wildman–Crippen LogP) is 2.07. The highest BCUT2D eigenvalue weighted by atomic mass is 19.4. The van der Waals surface area contributed by atoms with Crippen LogP contribution in [0.5, 0.6) is 0 Å². The van der Waals surface area contributed by atoms with Crippen molar-refractivity contribution < 1.29 is 27.7 Å². The van der Waals surface area contributed by atoms with E-state index in [1.165, 1.54) is 12.1 Å². The molecule has 1 heterocycles. The Labute approximate surface area is 167 Å². The van der Waals surface area contributed by atoms with Gasteiger partial charge in [0.2, 0.25) is 0 Å². The number of halogens is 3. The largest absolute Gasteiger partial charge is 0.416 e. The summed E-state index contributed by atoms with van der Waals surface area (Å²) in [6, 6.07) is 13.1. The van der Waals surface area contributed by atoms with Gasteiger partial charge >= 0.3 is 6.18 Å². The molecule has 1 fully saturated rings. The molecule has 0 saturated carbocycles. The fraction of sp³-hybridized carbons (Fsp3) is 0.333. The van der Waals surface area contributed by atoms with Crippen LogP contribution in [0.4, 0.5) is 18.9 Å². The zero-order valence-corrected chi connectivity index (χ0v) is 16.0. The molecular formula is C21H23F3N3O2+. The molecule has 0 aliphatic carbocycles. The number of amides is 2. The van der Waals surface area contributed by atoms with Gasteiger partial charge in [-0.2, -0.15) is 13.2 Å². The van der Waals surface area contributed by atoms with Crippen molar-refractivity contribution in [3.63, 3.8) is 0 Å². The van der Waals surface area contributed by atoms with E-state index in [0.717, 1.165) is 17.0 Å². The van der Waals surface area contributed by atoms with Gasteiger partial charge in [-0.15, -0.1) is 0 Å². The number of rotatable bonds is 4. The molecule has 0 aromatic heterocycles. The smallest absolute Gasteiger partial charge is 0.327 e. The Hall–Kier alpha value is -2.87. The van der Waals surface area contributed by atoms with E-state index in [1.807, 2.05) is 18.2 Å². The Kier molecular flexibility index (Phi) is 6.22. The third-order valence-corrected chi connectivity index (χ3v) is 5.20. The highest BCUT2D eigenvalue weighted by Crippen LogP contribution is 2.29. The lowest BCUT2D eigenvalue weighted by Gasteiger charge is -2.34. The lowest BCUT2D eigenvalue weighted by Crippen LogP contribution is -3.19. The summed E-state index contributed by atoms with van der Waals surface area (Å²) in [4.78, 5) is 27.8. The number of anilines is 1. The quantitative estimate of drug-likeness (QED) is 0.817. The fourth-order valence-electron chi connectivity index (χ4n) is 3.37. The van der Waals surface area contributed by atoms with Crippen LogP contribution in [0.2, 0.25) is 0 Å². The van der Waals surface area contributed by atoms with Crippen molar-refractivity contribution in [1.29, 1.82) is 0 Å². The molecule has 5 nitrogen and oxygen atoms in total. The summed E-state index contributed by atoms with van der Waals surface area (Å²) in [7, 11) is 0. The van der Waals surface area contributed by atoms with Crippen LogP contribution in [0.3, 0.4) is 0 Å². The molecule has 1 aliphatic rings. The molecule has 1 saturated heterocycles. The van der Waals surface area contributed by atoms with Crippen LogP contribution < -0.4 is 10.2 Å². The van der Waals surface area contributed by atoms with Gasteiger partial charge in [-0.1, -0.05) is 18.2 Å². The standard InChI is InChI=1S/C21H22F3N3O2/c1-15(19(28)25-18-9-7-17(8-10-18)21(22,23)24)26-11-13-27(14-12-26)20(29)16-5-3-2-4-6-16/h2-10,15H,11-14H2,1H3,(H,25,28)/p+1/t15-/m0/s1. The van der Waals surface area contributed by atoms with Gasteiger partial charge in [-0.25, -0.2) is 0 Å². The lowest BCUT2D eigenvalue weighted by molar-refractivity contribution is -0.917. The molecule has 1 atom stereocenters. The van der Waals surface area contributed by atoms with E-state index in [-0.39, 0.29) is 17.9 Å². The van der Waals surface area contributed by atoms with E-state index in [1.54, 1.807) is 24.0 Å². The van der Waals surface area contributed by atoms with E-state index in [2.05, 4.69) is 5.32 Å². The summed E-state index contributed by atoms with van der Waals surface area (Å²) in [6.45, 7) is 4.12. The highest BCUT2D eigenvalue weighted by Gasteiger charge is 2.32. The molecular weight excluding hydrogens is 383 g/mol. The summed E-state index contributed by atoms with van der Waals surface area (Å²) in [5.74, 6) is -0.283. The first-order chi connectivity index (χ1) is 13.8. The van der Waals surface area contributed by atoms with E-state index in [9.17, 15) is 22.8 Å². The normalized spacial score (nSPS) is 16.3. The Morgan fingerprint density at radius 1 is 1.00 bits per heavy atom. The van der Waals surface area contributed by atoms with E-state index >= 15 is 0 Å². The Balaban J connectivity index is 1.53. The molecule has 2 amide bonds. The number of benzene rings is 2. The molecule has 154 valence electrons. The van der Waals surface area contributed by atoms with Gasteiger partial charge in [-0.05, 0) is 43.3 Å². The SMILES string of the molecule is C[C@@H](C(=O)Nc1ccc(C(F)(F)F)cc1)[NH+]1CCN(C(=O)c2ccccc2)CC1. The van der Waals surface area contributed by atoms with Crippen molar-refractivity contribution in [2.75, 3.05) is 31.5 Å². The molecule has 2 N–H and O–H groups in total. The van der Waals surface area contributed by atoms with Crippen LogP contribution in [-0.4, -0.2) is 48.9 Å². The second-order valence-corrected chi connectivity index (χ2v) is 7.10. The van der Waals surface area contributed by atoms with Crippen LogP contribution in [0, 0.1) is 0 Å². The Bertz CT molecular complexity index is 846. The third-order valence-electron chi connectivity index (χ3n) is 5.20. The first-order valence-corrected chi connectivity index (χ1v) is 9.43. The summed E-state index contributed by atoms with van der Waals surface area (Å²) in [5.41, 5.74) is 0.213. The summed E-state index contributed by atoms with van der Waals surface area (Å²) >= 11 is 0. The predicted molar refractivity (Wildman–Crippen MR) is 103 cm³/mol. The van der Waals surface area contributed by atoms with Crippen LogP contribution in [0.25, 0.3) is 0 Å².